The SMILES string of the molecule is Cc1cc(C)c(-[n+]2cc3ccccc3cc2C)c(C)c1-c1ncc2ccccc2[n+]1C. The van der Waals surface area contributed by atoms with E-state index in [0.717, 1.165) is 11.2 Å². The molecule has 0 atom stereocenters. The predicted octanol–water partition coefficient (Wildman–Crippen LogP) is 5.39. The van der Waals surface area contributed by atoms with E-state index in [0.29, 0.717) is 0 Å². The van der Waals surface area contributed by atoms with Crippen LogP contribution in [-0.2, 0) is 7.05 Å². The van der Waals surface area contributed by atoms with Gasteiger partial charge in [-0.2, -0.15) is 4.57 Å². The summed E-state index contributed by atoms with van der Waals surface area (Å²) in [5.74, 6) is 0.994. The minimum Gasteiger partial charge on any atom is -0.226 e. The van der Waals surface area contributed by atoms with Crippen LogP contribution in [-0.4, -0.2) is 4.98 Å². The van der Waals surface area contributed by atoms with E-state index in [1.165, 1.54) is 49.9 Å². The summed E-state index contributed by atoms with van der Waals surface area (Å²) >= 11 is 0. The normalized spacial score (nSPS) is 11.4. The van der Waals surface area contributed by atoms with Crippen LogP contribution in [0.25, 0.3) is 38.8 Å². The first-order chi connectivity index (χ1) is 15.0. The molecule has 0 radical (unpaired) electrons. The van der Waals surface area contributed by atoms with Crippen LogP contribution in [0.15, 0.2) is 73.1 Å². The van der Waals surface area contributed by atoms with Crippen molar-refractivity contribution in [3.8, 4) is 17.1 Å². The molecule has 0 aliphatic rings. The van der Waals surface area contributed by atoms with E-state index in [4.69, 9.17) is 4.98 Å². The number of fused-ring (bicyclic) bond motifs is 2. The molecular formula is C28H27N3+2. The van der Waals surface area contributed by atoms with Crippen LogP contribution in [0.1, 0.15) is 22.4 Å². The van der Waals surface area contributed by atoms with E-state index in [2.05, 4.69) is 111 Å². The monoisotopic (exact) mass is 405 g/mol. The van der Waals surface area contributed by atoms with Crippen LogP contribution in [0.2, 0.25) is 0 Å². The van der Waals surface area contributed by atoms with Crippen molar-refractivity contribution in [1.29, 1.82) is 0 Å². The summed E-state index contributed by atoms with van der Waals surface area (Å²) in [5, 5.41) is 3.65. The van der Waals surface area contributed by atoms with Gasteiger partial charge in [-0.3, -0.25) is 0 Å². The van der Waals surface area contributed by atoms with Gasteiger partial charge in [0.05, 0.1) is 18.0 Å². The molecule has 152 valence electrons. The third-order valence-corrected chi connectivity index (χ3v) is 6.35. The van der Waals surface area contributed by atoms with E-state index in [-0.39, 0.29) is 0 Å². The maximum absolute atomic E-state index is 4.89. The van der Waals surface area contributed by atoms with Crippen molar-refractivity contribution in [2.24, 2.45) is 7.05 Å². The van der Waals surface area contributed by atoms with Crippen LogP contribution >= 0.6 is 0 Å². The van der Waals surface area contributed by atoms with Crippen molar-refractivity contribution in [1.82, 2.24) is 4.98 Å². The van der Waals surface area contributed by atoms with E-state index >= 15 is 0 Å². The smallest absolute Gasteiger partial charge is 0.226 e. The Kier molecular flexibility index (Phi) is 4.55. The minimum absolute atomic E-state index is 0.994. The highest BCUT2D eigenvalue weighted by atomic mass is 15.0. The van der Waals surface area contributed by atoms with E-state index in [1.807, 2.05) is 6.20 Å². The lowest BCUT2D eigenvalue weighted by Gasteiger charge is -2.13. The first-order valence-electron chi connectivity index (χ1n) is 10.7. The molecule has 0 spiro atoms. The summed E-state index contributed by atoms with van der Waals surface area (Å²) in [6.07, 6.45) is 4.24. The zero-order valence-electron chi connectivity index (χ0n) is 18.8. The van der Waals surface area contributed by atoms with Crippen molar-refractivity contribution in [3.05, 3.63) is 95.4 Å². The number of pyridine rings is 1. The zero-order chi connectivity index (χ0) is 21.7. The Hall–Kier alpha value is -3.59. The minimum atomic E-state index is 0.994. The Morgan fingerprint density at radius 2 is 1.42 bits per heavy atom. The van der Waals surface area contributed by atoms with Gasteiger partial charge in [0, 0.05) is 29.5 Å². The van der Waals surface area contributed by atoms with Gasteiger partial charge in [-0.15, -0.1) is 0 Å². The highest BCUT2D eigenvalue weighted by Crippen LogP contribution is 2.30. The first kappa shape index (κ1) is 19.4. The van der Waals surface area contributed by atoms with Crippen molar-refractivity contribution in [3.63, 3.8) is 0 Å². The largest absolute Gasteiger partial charge is 0.331 e. The number of nitrogens with zero attached hydrogens (tertiary/aromatic N) is 3. The topological polar surface area (TPSA) is 20.6 Å². The Labute approximate surface area is 183 Å². The number of para-hydroxylation sites is 1. The Morgan fingerprint density at radius 3 is 2.19 bits per heavy atom. The van der Waals surface area contributed by atoms with Gasteiger partial charge >= 0.3 is 5.82 Å². The lowest BCUT2D eigenvalue weighted by atomic mass is 9.95. The predicted molar refractivity (Wildman–Crippen MR) is 126 cm³/mol. The molecule has 0 bridgehead atoms. The molecule has 0 aliphatic heterocycles. The number of hydrogen-bond donors (Lipinski definition) is 0. The molecule has 31 heavy (non-hydrogen) atoms. The van der Waals surface area contributed by atoms with Gasteiger partial charge in [-0.05, 0) is 61.0 Å². The van der Waals surface area contributed by atoms with Crippen LogP contribution in [0.4, 0.5) is 0 Å². The number of aromatic nitrogens is 3. The molecule has 0 fully saturated rings. The van der Waals surface area contributed by atoms with E-state index in [9.17, 15) is 0 Å². The Morgan fingerprint density at radius 1 is 0.742 bits per heavy atom. The summed E-state index contributed by atoms with van der Waals surface area (Å²) in [7, 11) is 2.11. The third-order valence-electron chi connectivity index (χ3n) is 6.35. The molecule has 2 heterocycles. The fourth-order valence-electron chi connectivity index (χ4n) is 4.89. The molecule has 0 saturated heterocycles. The van der Waals surface area contributed by atoms with Gasteiger partial charge in [0.1, 0.15) is 5.52 Å². The fraction of sp³-hybridized carbons (Fsp3) is 0.179. The van der Waals surface area contributed by atoms with Gasteiger partial charge in [0.25, 0.3) is 0 Å². The van der Waals surface area contributed by atoms with Crippen LogP contribution in [0.3, 0.4) is 0 Å². The second kappa shape index (κ2) is 7.28. The molecule has 0 amide bonds. The fourth-order valence-corrected chi connectivity index (χ4v) is 4.89. The van der Waals surface area contributed by atoms with Gasteiger partial charge in [0.15, 0.2) is 18.1 Å². The molecule has 5 rings (SSSR count). The van der Waals surface area contributed by atoms with Gasteiger partial charge in [-0.25, -0.2) is 4.57 Å². The summed E-state index contributed by atoms with van der Waals surface area (Å²) in [4.78, 5) is 4.89. The number of benzene rings is 3. The number of aryl methyl sites for hydroxylation is 4. The molecule has 3 heteroatoms. The highest BCUT2D eigenvalue weighted by Gasteiger charge is 2.27. The third kappa shape index (κ3) is 3.09. The standard InChI is InChI=1S/C28H27N3/c1-18-14-19(2)27(31-17-24-12-7-6-10-22(24)15-20(31)3)21(4)26(18)28-29-16-23-11-8-9-13-25(23)30(28)5/h6-17H,1-5H3/q+2. The Balaban J connectivity index is 1.81. The summed E-state index contributed by atoms with van der Waals surface area (Å²) in [6.45, 7) is 8.80. The summed E-state index contributed by atoms with van der Waals surface area (Å²) in [6, 6.07) is 21.5. The molecule has 0 N–H and O–H groups in total. The van der Waals surface area contributed by atoms with E-state index < -0.39 is 0 Å². The summed E-state index contributed by atoms with van der Waals surface area (Å²) in [5.41, 5.74) is 8.60. The molecule has 5 aromatic rings. The molecule has 0 aliphatic carbocycles. The molecule has 0 unspecified atom stereocenters. The molecule has 2 aromatic heterocycles. The lowest BCUT2D eigenvalue weighted by Crippen LogP contribution is -2.37. The zero-order valence-corrected chi connectivity index (χ0v) is 18.8. The molecular weight excluding hydrogens is 378 g/mol. The quantitative estimate of drug-likeness (QED) is 0.361. The van der Waals surface area contributed by atoms with Crippen LogP contribution in [0.5, 0.6) is 0 Å². The van der Waals surface area contributed by atoms with Crippen molar-refractivity contribution >= 4 is 21.7 Å². The molecule has 3 aromatic carbocycles. The highest BCUT2D eigenvalue weighted by molar-refractivity contribution is 5.81. The van der Waals surface area contributed by atoms with E-state index in [1.54, 1.807) is 0 Å². The molecule has 0 saturated carbocycles. The van der Waals surface area contributed by atoms with Crippen molar-refractivity contribution in [2.75, 3.05) is 0 Å². The lowest BCUT2D eigenvalue weighted by molar-refractivity contribution is -0.636. The maximum Gasteiger partial charge on any atom is 0.331 e. The number of hydrogen-bond acceptors (Lipinski definition) is 1. The van der Waals surface area contributed by atoms with Crippen molar-refractivity contribution < 1.29 is 9.13 Å². The maximum atomic E-state index is 4.89. The average Bonchev–Trinajstić information content (AvgIpc) is 2.75. The van der Waals surface area contributed by atoms with Crippen LogP contribution in [0, 0.1) is 27.7 Å². The van der Waals surface area contributed by atoms with Gasteiger partial charge in [0.2, 0.25) is 5.69 Å². The summed E-state index contributed by atoms with van der Waals surface area (Å²) < 4.78 is 4.54. The van der Waals surface area contributed by atoms with Crippen LogP contribution < -0.4 is 9.13 Å². The second-order valence-electron chi connectivity index (χ2n) is 8.47. The molecule has 3 nitrogen and oxygen atoms in total. The van der Waals surface area contributed by atoms with Crippen molar-refractivity contribution in [2.45, 2.75) is 27.7 Å². The Bertz CT molecular complexity index is 1450. The first-order valence-corrected chi connectivity index (χ1v) is 10.7. The average molecular weight is 406 g/mol. The second-order valence-corrected chi connectivity index (χ2v) is 8.47. The van der Waals surface area contributed by atoms with Gasteiger partial charge in [-0.1, -0.05) is 30.3 Å². The van der Waals surface area contributed by atoms with Gasteiger partial charge < -0.3 is 0 Å². The number of rotatable bonds is 2.